The molecule has 10 heteroatoms. The summed E-state index contributed by atoms with van der Waals surface area (Å²) < 4.78 is 43.4. The van der Waals surface area contributed by atoms with Crippen LogP contribution in [0.5, 0.6) is 17.2 Å². The summed E-state index contributed by atoms with van der Waals surface area (Å²) in [5.74, 6) is 3.65. The second-order valence-corrected chi connectivity index (χ2v) is 10.1. The van der Waals surface area contributed by atoms with Crippen molar-refractivity contribution in [2.24, 2.45) is 4.99 Å². The van der Waals surface area contributed by atoms with Gasteiger partial charge in [-0.15, -0.1) is 6.42 Å². The molecule has 33 heavy (non-hydrogen) atoms. The zero-order chi connectivity index (χ0) is 24.0. The van der Waals surface area contributed by atoms with Crippen LogP contribution in [-0.4, -0.2) is 46.0 Å². The van der Waals surface area contributed by atoms with Gasteiger partial charge < -0.3 is 18.8 Å². The topological polar surface area (TPSA) is 96.2 Å². The predicted octanol–water partition coefficient (Wildman–Crippen LogP) is 3.04. The normalized spacial score (nSPS) is 11.9. The number of aromatic nitrogens is 1. The number of benzene rings is 2. The first kappa shape index (κ1) is 24.4. The molecular formula is C23H24N2O6S2. The highest BCUT2D eigenvalue weighted by molar-refractivity contribution is 7.91. The van der Waals surface area contributed by atoms with E-state index in [1.165, 1.54) is 37.7 Å². The van der Waals surface area contributed by atoms with Crippen LogP contribution in [0.25, 0.3) is 10.2 Å². The number of sulfone groups is 1. The van der Waals surface area contributed by atoms with E-state index in [2.05, 4.69) is 10.9 Å². The van der Waals surface area contributed by atoms with Crippen LogP contribution in [0.3, 0.4) is 0 Å². The van der Waals surface area contributed by atoms with E-state index in [-0.39, 0.29) is 30.0 Å². The van der Waals surface area contributed by atoms with Gasteiger partial charge in [0.1, 0.15) is 5.75 Å². The highest BCUT2D eigenvalue weighted by Gasteiger charge is 2.16. The number of carbonyl (C=O) groups excluding carboxylic acids is 1. The Morgan fingerprint density at radius 3 is 2.36 bits per heavy atom. The molecule has 174 valence electrons. The molecule has 0 spiro atoms. The number of terminal acetylenes is 1. The Morgan fingerprint density at radius 1 is 1.09 bits per heavy atom. The smallest absolute Gasteiger partial charge is 0.248 e. The van der Waals surface area contributed by atoms with Crippen LogP contribution < -0.4 is 19.0 Å². The lowest BCUT2D eigenvalue weighted by Crippen LogP contribution is -2.17. The zero-order valence-corrected chi connectivity index (χ0v) is 20.2. The Bertz CT molecular complexity index is 1360. The SMILES string of the molecule is C#CCn1c(=NC(=O)CCCS(=O)(=O)c2ccc(OC)cc2)sc2cc(OC)c(OC)cc21. The molecule has 0 fully saturated rings. The Hall–Kier alpha value is -3.29. The van der Waals surface area contributed by atoms with E-state index >= 15 is 0 Å². The van der Waals surface area contributed by atoms with Gasteiger partial charge >= 0.3 is 0 Å². The van der Waals surface area contributed by atoms with E-state index in [4.69, 9.17) is 20.6 Å². The van der Waals surface area contributed by atoms with Gasteiger partial charge in [-0.25, -0.2) is 8.42 Å². The highest BCUT2D eigenvalue weighted by atomic mass is 32.2. The van der Waals surface area contributed by atoms with Crippen molar-refractivity contribution in [1.29, 1.82) is 0 Å². The molecule has 0 saturated carbocycles. The number of amides is 1. The summed E-state index contributed by atoms with van der Waals surface area (Å²) in [4.78, 5) is 17.3. The largest absolute Gasteiger partial charge is 0.497 e. The number of carbonyl (C=O) groups is 1. The minimum absolute atomic E-state index is 0.00761. The lowest BCUT2D eigenvalue weighted by molar-refractivity contribution is -0.118. The Morgan fingerprint density at radius 2 is 1.76 bits per heavy atom. The molecule has 3 rings (SSSR count). The Balaban J connectivity index is 1.79. The van der Waals surface area contributed by atoms with E-state index in [9.17, 15) is 13.2 Å². The monoisotopic (exact) mass is 488 g/mol. The molecule has 0 aliphatic rings. The van der Waals surface area contributed by atoms with Gasteiger partial charge in [0.2, 0.25) is 5.91 Å². The highest BCUT2D eigenvalue weighted by Crippen LogP contribution is 2.33. The second kappa shape index (κ2) is 10.6. The van der Waals surface area contributed by atoms with Crippen molar-refractivity contribution in [2.75, 3.05) is 27.1 Å². The fourth-order valence-electron chi connectivity index (χ4n) is 3.20. The van der Waals surface area contributed by atoms with Gasteiger partial charge in [-0.05, 0) is 30.7 Å². The predicted molar refractivity (Wildman–Crippen MR) is 127 cm³/mol. The van der Waals surface area contributed by atoms with Gasteiger partial charge in [0.15, 0.2) is 26.1 Å². The quantitative estimate of drug-likeness (QED) is 0.430. The van der Waals surface area contributed by atoms with Crippen molar-refractivity contribution in [3.05, 3.63) is 41.2 Å². The summed E-state index contributed by atoms with van der Waals surface area (Å²) in [6.45, 7) is 0.216. The maximum atomic E-state index is 12.5. The molecule has 1 amide bonds. The molecule has 0 saturated heterocycles. The summed E-state index contributed by atoms with van der Waals surface area (Å²) in [6, 6.07) is 9.74. The number of hydrogen-bond acceptors (Lipinski definition) is 7. The molecule has 0 atom stereocenters. The first-order valence-corrected chi connectivity index (χ1v) is 12.4. The van der Waals surface area contributed by atoms with E-state index < -0.39 is 15.7 Å². The molecule has 1 heterocycles. The van der Waals surface area contributed by atoms with Gasteiger partial charge in [-0.1, -0.05) is 17.3 Å². The fraction of sp³-hybridized carbons (Fsp3) is 0.304. The summed E-state index contributed by atoms with van der Waals surface area (Å²) >= 11 is 1.29. The number of ether oxygens (including phenoxy) is 3. The number of thiazole rings is 1. The molecule has 0 aliphatic heterocycles. The minimum atomic E-state index is -3.51. The third kappa shape index (κ3) is 5.56. The van der Waals surface area contributed by atoms with Crippen LogP contribution in [0.15, 0.2) is 46.3 Å². The van der Waals surface area contributed by atoms with E-state index in [0.717, 1.165) is 10.2 Å². The molecule has 0 radical (unpaired) electrons. The van der Waals surface area contributed by atoms with Crippen molar-refractivity contribution < 1.29 is 27.4 Å². The van der Waals surface area contributed by atoms with Crippen LogP contribution in [0.2, 0.25) is 0 Å². The van der Waals surface area contributed by atoms with Crippen LogP contribution in [0.1, 0.15) is 12.8 Å². The lowest BCUT2D eigenvalue weighted by atomic mass is 10.3. The third-order valence-electron chi connectivity index (χ3n) is 4.88. The third-order valence-corrected chi connectivity index (χ3v) is 7.74. The Labute approximate surface area is 196 Å². The van der Waals surface area contributed by atoms with E-state index in [1.54, 1.807) is 35.9 Å². The van der Waals surface area contributed by atoms with Crippen molar-refractivity contribution in [2.45, 2.75) is 24.3 Å². The number of fused-ring (bicyclic) bond motifs is 1. The summed E-state index contributed by atoms with van der Waals surface area (Å²) in [5, 5.41) is 0. The molecular weight excluding hydrogens is 464 g/mol. The molecule has 2 aromatic carbocycles. The van der Waals surface area contributed by atoms with Crippen molar-refractivity contribution >= 4 is 37.3 Å². The van der Waals surface area contributed by atoms with Gasteiger partial charge in [0, 0.05) is 18.6 Å². The van der Waals surface area contributed by atoms with Crippen molar-refractivity contribution in [3.63, 3.8) is 0 Å². The summed E-state index contributed by atoms with van der Waals surface area (Å²) in [6.07, 6.45) is 5.66. The van der Waals surface area contributed by atoms with Crippen LogP contribution in [-0.2, 0) is 21.2 Å². The fourth-order valence-corrected chi connectivity index (χ4v) is 5.57. The summed E-state index contributed by atoms with van der Waals surface area (Å²) in [7, 11) is 1.08. The molecule has 0 bridgehead atoms. The standard InChI is InChI=1S/C23H24N2O6S2/c1-5-12-25-18-14-19(30-3)20(31-4)15-21(18)32-23(25)24-22(26)7-6-13-33(27,28)17-10-8-16(29-2)9-11-17/h1,8-11,14-15H,6-7,12-13H2,2-4H3. The number of nitrogens with zero attached hydrogens (tertiary/aromatic N) is 2. The van der Waals surface area contributed by atoms with Gasteiger partial charge in [0.05, 0.1) is 48.7 Å². The molecule has 0 unspecified atom stereocenters. The van der Waals surface area contributed by atoms with Gasteiger partial charge in [-0.2, -0.15) is 4.99 Å². The number of rotatable bonds is 9. The maximum Gasteiger partial charge on any atom is 0.248 e. The Kier molecular flexibility index (Phi) is 7.79. The molecule has 3 aromatic rings. The zero-order valence-electron chi connectivity index (χ0n) is 18.5. The second-order valence-electron chi connectivity index (χ2n) is 6.95. The number of hydrogen-bond donors (Lipinski definition) is 0. The molecule has 0 N–H and O–H groups in total. The van der Waals surface area contributed by atoms with E-state index in [1.807, 2.05) is 0 Å². The van der Waals surface area contributed by atoms with Gasteiger partial charge in [-0.3, -0.25) is 4.79 Å². The van der Waals surface area contributed by atoms with Crippen molar-refractivity contribution in [1.82, 2.24) is 4.57 Å². The molecule has 0 aliphatic carbocycles. The molecule has 1 aromatic heterocycles. The van der Waals surface area contributed by atoms with Gasteiger partial charge in [0.25, 0.3) is 0 Å². The summed E-state index contributed by atoms with van der Waals surface area (Å²) in [5.41, 5.74) is 0.768. The first-order valence-electron chi connectivity index (χ1n) is 9.96. The van der Waals surface area contributed by atoms with Crippen LogP contribution >= 0.6 is 11.3 Å². The average Bonchev–Trinajstić information content (AvgIpc) is 3.13. The lowest BCUT2D eigenvalue weighted by Gasteiger charge is -2.08. The first-order chi connectivity index (χ1) is 15.8. The van der Waals surface area contributed by atoms with Crippen molar-refractivity contribution in [3.8, 4) is 29.6 Å². The minimum Gasteiger partial charge on any atom is -0.497 e. The number of methoxy groups -OCH3 is 3. The maximum absolute atomic E-state index is 12.5. The molecule has 8 nitrogen and oxygen atoms in total. The van der Waals surface area contributed by atoms with Crippen LogP contribution in [0.4, 0.5) is 0 Å². The van der Waals surface area contributed by atoms with Crippen LogP contribution in [0, 0.1) is 12.3 Å². The van der Waals surface area contributed by atoms with E-state index in [0.29, 0.717) is 22.0 Å². The average molecular weight is 489 g/mol.